The van der Waals surface area contributed by atoms with Crippen molar-refractivity contribution in [2.75, 3.05) is 27.8 Å². The van der Waals surface area contributed by atoms with Gasteiger partial charge in [0.15, 0.2) is 11.5 Å². The summed E-state index contributed by atoms with van der Waals surface area (Å²) in [6, 6.07) is 6.62. The van der Waals surface area contributed by atoms with E-state index >= 15 is 0 Å². The maximum Gasteiger partial charge on any atom is 0.161 e. The molecule has 1 unspecified atom stereocenters. The van der Waals surface area contributed by atoms with E-state index in [2.05, 4.69) is 11.9 Å². The Morgan fingerprint density at radius 3 is 2.43 bits per heavy atom. The lowest BCUT2D eigenvalue weighted by Crippen LogP contribution is -2.38. The number of nitrogens with zero attached hydrogens (tertiary/aromatic N) is 1. The molecule has 21 heavy (non-hydrogen) atoms. The average Bonchev–Trinajstić information content (AvgIpc) is 2.54. The van der Waals surface area contributed by atoms with Crippen LogP contribution >= 0.6 is 0 Å². The molecule has 1 aromatic carbocycles. The van der Waals surface area contributed by atoms with E-state index in [-0.39, 0.29) is 6.04 Å². The molecular weight excluding hydrogens is 264 g/mol. The van der Waals surface area contributed by atoms with Crippen LogP contribution < -0.4 is 15.2 Å². The number of likely N-dealkylation sites (N-methyl/N-ethyl adjacent to an activating group) is 1. The number of nitrogens with two attached hydrogens (primary N) is 1. The van der Waals surface area contributed by atoms with Gasteiger partial charge in [-0.15, -0.1) is 0 Å². The molecule has 2 rings (SSSR count). The lowest BCUT2D eigenvalue weighted by molar-refractivity contribution is 0.182. The maximum absolute atomic E-state index is 6.38. The molecule has 1 aliphatic carbocycles. The second kappa shape index (κ2) is 7.66. The van der Waals surface area contributed by atoms with E-state index in [1.165, 1.54) is 32.1 Å². The highest BCUT2D eigenvalue weighted by Gasteiger charge is 2.20. The molecule has 1 fully saturated rings. The first kappa shape index (κ1) is 16.1. The molecule has 0 spiro atoms. The minimum Gasteiger partial charge on any atom is -0.493 e. The van der Waals surface area contributed by atoms with E-state index in [1.54, 1.807) is 14.2 Å². The molecule has 0 bridgehead atoms. The van der Waals surface area contributed by atoms with Crippen molar-refractivity contribution in [1.29, 1.82) is 0 Å². The van der Waals surface area contributed by atoms with E-state index in [0.29, 0.717) is 6.04 Å². The Bertz CT molecular complexity index is 444. The average molecular weight is 292 g/mol. The highest BCUT2D eigenvalue weighted by atomic mass is 16.5. The van der Waals surface area contributed by atoms with Gasteiger partial charge in [-0.1, -0.05) is 25.3 Å². The normalized spacial score (nSPS) is 17.8. The molecule has 1 saturated carbocycles. The van der Waals surface area contributed by atoms with Crippen LogP contribution in [-0.4, -0.2) is 38.8 Å². The van der Waals surface area contributed by atoms with Crippen LogP contribution in [0.4, 0.5) is 0 Å². The summed E-state index contributed by atoms with van der Waals surface area (Å²) in [5.74, 6) is 1.49. The Kier molecular flexibility index (Phi) is 5.88. The topological polar surface area (TPSA) is 47.7 Å². The molecule has 4 heteroatoms. The van der Waals surface area contributed by atoms with Gasteiger partial charge in [-0.2, -0.15) is 0 Å². The zero-order valence-corrected chi connectivity index (χ0v) is 13.5. The molecule has 1 atom stereocenters. The molecule has 1 aromatic rings. The highest BCUT2D eigenvalue weighted by molar-refractivity contribution is 5.43. The van der Waals surface area contributed by atoms with Crippen molar-refractivity contribution in [2.24, 2.45) is 5.73 Å². The molecule has 0 saturated heterocycles. The fraction of sp³-hybridized carbons (Fsp3) is 0.647. The monoisotopic (exact) mass is 292 g/mol. The van der Waals surface area contributed by atoms with Crippen molar-refractivity contribution < 1.29 is 9.47 Å². The lowest BCUT2D eigenvalue weighted by atomic mass is 9.94. The van der Waals surface area contributed by atoms with Crippen LogP contribution in [0.1, 0.15) is 43.7 Å². The van der Waals surface area contributed by atoms with E-state index in [9.17, 15) is 0 Å². The van der Waals surface area contributed by atoms with E-state index < -0.39 is 0 Å². The molecular formula is C17H28N2O2. The van der Waals surface area contributed by atoms with Gasteiger partial charge in [0.05, 0.1) is 14.2 Å². The van der Waals surface area contributed by atoms with E-state index in [4.69, 9.17) is 15.2 Å². The second-order valence-electron chi connectivity index (χ2n) is 5.95. The van der Waals surface area contributed by atoms with Crippen LogP contribution in [0.3, 0.4) is 0 Å². The van der Waals surface area contributed by atoms with Crippen molar-refractivity contribution in [3.05, 3.63) is 23.8 Å². The van der Waals surface area contributed by atoms with Crippen molar-refractivity contribution >= 4 is 0 Å². The molecule has 0 amide bonds. The van der Waals surface area contributed by atoms with Gasteiger partial charge in [-0.25, -0.2) is 0 Å². The summed E-state index contributed by atoms with van der Waals surface area (Å²) in [5, 5.41) is 0. The number of methoxy groups -OCH3 is 2. The van der Waals surface area contributed by atoms with Gasteiger partial charge in [-0.05, 0) is 37.6 Å². The zero-order valence-electron chi connectivity index (χ0n) is 13.5. The van der Waals surface area contributed by atoms with Crippen molar-refractivity contribution in [1.82, 2.24) is 4.90 Å². The third kappa shape index (κ3) is 4.11. The number of hydrogen-bond donors (Lipinski definition) is 1. The molecule has 0 heterocycles. The standard InChI is InChI=1S/C17H28N2O2/c1-19(14-7-5-4-6-8-14)12-15(18)13-9-10-16(20-2)17(11-13)21-3/h9-11,14-15H,4-8,12,18H2,1-3H3. The summed E-state index contributed by atoms with van der Waals surface area (Å²) in [6.07, 6.45) is 6.68. The number of rotatable bonds is 6. The van der Waals surface area contributed by atoms with Crippen LogP contribution in [-0.2, 0) is 0 Å². The summed E-state index contributed by atoms with van der Waals surface area (Å²) in [7, 11) is 5.49. The Labute approximate surface area is 128 Å². The van der Waals surface area contributed by atoms with Crippen molar-refractivity contribution in [2.45, 2.75) is 44.2 Å². The first-order valence-electron chi connectivity index (χ1n) is 7.83. The largest absolute Gasteiger partial charge is 0.493 e. The summed E-state index contributed by atoms with van der Waals surface area (Å²) < 4.78 is 10.6. The third-order valence-electron chi connectivity index (χ3n) is 4.52. The SMILES string of the molecule is COc1ccc(C(N)CN(C)C2CCCCC2)cc1OC. The molecule has 118 valence electrons. The van der Waals surface area contributed by atoms with Gasteiger partial charge >= 0.3 is 0 Å². The van der Waals surface area contributed by atoms with Gasteiger partial charge in [0, 0.05) is 18.6 Å². The third-order valence-corrected chi connectivity index (χ3v) is 4.52. The number of hydrogen-bond acceptors (Lipinski definition) is 4. The Morgan fingerprint density at radius 2 is 1.81 bits per heavy atom. The number of benzene rings is 1. The van der Waals surface area contributed by atoms with Crippen LogP contribution in [0.25, 0.3) is 0 Å². The quantitative estimate of drug-likeness (QED) is 0.875. The Morgan fingerprint density at radius 1 is 1.14 bits per heavy atom. The van der Waals surface area contributed by atoms with Gasteiger partial charge in [0.2, 0.25) is 0 Å². The fourth-order valence-electron chi connectivity index (χ4n) is 3.17. The van der Waals surface area contributed by atoms with Crippen LogP contribution in [0.2, 0.25) is 0 Å². The molecule has 4 nitrogen and oxygen atoms in total. The van der Waals surface area contributed by atoms with Crippen molar-refractivity contribution in [3.63, 3.8) is 0 Å². The summed E-state index contributed by atoms with van der Waals surface area (Å²) >= 11 is 0. The Balaban J connectivity index is 2.00. The predicted octanol–water partition coefficient (Wildman–Crippen LogP) is 2.97. The van der Waals surface area contributed by atoms with E-state index in [1.807, 2.05) is 18.2 Å². The number of ether oxygens (including phenoxy) is 2. The lowest BCUT2D eigenvalue weighted by Gasteiger charge is -2.33. The first-order chi connectivity index (χ1) is 10.2. The summed E-state index contributed by atoms with van der Waals surface area (Å²) in [5.41, 5.74) is 7.47. The predicted molar refractivity (Wildman–Crippen MR) is 86.0 cm³/mol. The molecule has 0 aromatic heterocycles. The first-order valence-corrected chi connectivity index (χ1v) is 7.83. The van der Waals surface area contributed by atoms with Gasteiger partial charge < -0.3 is 20.1 Å². The minimum atomic E-state index is -0.00303. The smallest absolute Gasteiger partial charge is 0.161 e. The molecule has 0 aliphatic heterocycles. The van der Waals surface area contributed by atoms with Crippen LogP contribution in [0.15, 0.2) is 18.2 Å². The zero-order chi connectivity index (χ0) is 15.2. The highest BCUT2D eigenvalue weighted by Crippen LogP contribution is 2.30. The van der Waals surface area contributed by atoms with Gasteiger partial charge in [0.1, 0.15) is 0 Å². The van der Waals surface area contributed by atoms with E-state index in [0.717, 1.165) is 23.6 Å². The second-order valence-corrected chi connectivity index (χ2v) is 5.95. The van der Waals surface area contributed by atoms with Crippen molar-refractivity contribution in [3.8, 4) is 11.5 Å². The fourth-order valence-corrected chi connectivity index (χ4v) is 3.17. The van der Waals surface area contributed by atoms with Gasteiger partial charge in [0.25, 0.3) is 0 Å². The molecule has 1 aliphatic rings. The Hall–Kier alpha value is -1.26. The molecule has 2 N–H and O–H groups in total. The van der Waals surface area contributed by atoms with Crippen LogP contribution in [0.5, 0.6) is 11.5 Å². The maximum atomic E-state index is 6.38. The minimum absolute atomic E-state index is 0.00303. The van der Waals surface area contributed by atoms with Crippen LogP contribution in [0, 0.1) is 0 Å². The summed E-state index contributed by atoms with van der Waals surface area (Å²) in [4.78, 5) is 2.42. The summed E-state index contributed by atoms with van der Waals surface area (Å²) in [6.45, 7) is 0.875. The molecule has 0 radical (unpaired) electrons. The van der Waals surface area contributed by atoms with Gasteiger partial charge in [-0.3, -0.25) is 0 Å².